The number of hydrogen-bond donors (Lipinski definition) is 3. The molecule has 5 atom stereocenters. The van der Waals surface area contributed by atoms with E-state index in [2.05, 4.69) is 27.7 Å². The van der Waals surface area contributed by atoms with E-state index in [0.29, 0.717) is 25.7 Å². The highest BCUT2D eigenvalue weighted by molar-refractivity contribution is 7.47. The summed E-state index contributed by atoms with van der Waals surface area (Å²) in [4.78, 5) is 73.1. The summed E-state index contributed by atoms with van der Waals surface area (Å²) in [6, 6.07) is 0. The Balaban J connectivity index is 5.24. The first-order valence-electron chi connectivity index (χ1n) is 43.3. The van der Waals surface area contributed by atoms with Crippen molar-refractivity contribution in [1.29, 1.82) is 0 Å². The van der Waals surface area contributed by atoms with Crippen molar-refractivity contribution >= 4 is 39.5 Å². The van der Waals surface area contributed by atoms with Crippen molar-refractivity contribution in [2.24, 2.45) is 0 Å². The molecular weight excluding hydrogens is 1330 g/mol. The Labute approximate surface area is 626 Å². The number of ether oxygens (including phenoxy) is 4. The largest absolute Gasteiger partial charge is 0.472 e. The lowest BCUT2D eigenvalue weighted by atomic mass is 10.0. The van der Waals surface area contributed by atoms with Gasteiger partial charge in [-0.3, -0.25) is 37.3 Å². The van der Waals surface area contributed by atoms with Crippen molar-refractivity contribution in [2.75, 3.05) is 39.6 Å². The number of esters is 4. The van der Waals surface area contributed by atoms with Gasteiger partial charge in [-0.2, -0.15) is 0 Å². The number of rotatable bonds is 84. The highest BCUT2D eigenvalue weighted by atomic mass is 31.2. The average Bonchev–Trinajstić information content (AvgIpc) is 0.911. The minimum atomic E-state index is -4.96. The third kappa shape index (κ3) is 76.3. The fourth-order valence-corrected chi connectivity index (χ4v) is 14.6. The van der Waals surface area contributed by atoms with E-state index in [9.17, 15) is 43.2 Å². The van der Waals surface area contributed by atoms with Crippen molar-refractivity contribution in [3.63, 3.8) is 0 Å². The van der Waals surface area contributed by atoms with Crippen molar-refractivity contribution in [2.45, 2.75) is 470 Å². The number of phosphoric ester groups is 2. The van der Waals surface area contributed by atoms with E-state index in [-0.39, 0.29) is 25.7 Å². The maximum atomic E-state index is 13.1. The molecule has 0 saturated heterocycles. The summed E-state index contributed by atoms with van der Waals surface area (Å²) in [6.45, 7) is 5.05. The van der Waals surface area contributed by atoms with Gasteiger partial charge in [0.25, 0.3) is 0 Å². The molecule has 0 spiro atoms. The quantitative estimate of drug-likeness (QED) is 0.0222. The molecule has 0 aliphatic heterocycles. The summed E-state index contributed by atoms with van der Waals surface area (Å²) in [5.74, 6) is -2.10. The molecule has 0 aliphatic carbocycles. The van der Waals surface area contributed by atoms with Crippen LogP contribution in [0.2, 0.25) is 0 Å². The van der Waals surface area contributed by atoms with Crippen LogP contribution in [0.4, 0.5) is 0 Å². The van der Waals surface area contributed by atoms with Crippen LogP contribution >= 0.6 is 15.6 Å². The topological polar surface area (TPSA) is 237 Å². The normalized spacial score (nSPS) is 13.8. The molecular formula is C83H162O17P2. The fraction of sp³-hybridized carbons (Fsp3) is 0.952. The van der Waals surface area contributed by atoms with Gasteiger partial charge in [0.05, 0.1) is 26.4 Å². The summed E-state index contributed by atoms with van der Waals surface area (Å²) in [5.41, 5.74) is 0. The molecule has 0 saturated carbocycles. The van der Waals surface area contributed by atoms with Gasteiger partial charge in [0.1, 0.15) is 19.3 Å². The summed E-state index contributed by atoms with van der Waals surface area (Å²) in [7, 11) is -9.92. The zero-order valence-corrected chi connectivity index (χ0v) is 68.4. The van der Waals surface area contributed by atoms with Gasteiger partial charge in [-0.15, -0.1) is 0 Å². The molecule has 0 fully saturated rings. The van der Waals surface area contributed by atoms with Gasteiger partial charge in [0, 0.05) is 25.7 Å². The van der Waals surface area contributed by atoms with E-state index in [1.165, 1.54) is 283 Å². The third-order valence-electron chi connectivity index (χ3n) is 19.6. The van der Waals surface area contributed by atoms with Crippen molar-refractivity contribution in [3.8, 4) is 0 Å². The van der Waals surface area contributed by atoms with Gasteiger partial charge in [-0.1, -0.05) is 400 Å². The highest BCUT2D eigenvalue weighted by Gasteiger charge is 2.30. The van der Waals surface area contributed by atoms with Crippen LogP contribution in [-0.2, 0) is 65.4 Å². The van der Waals surface area contributed by atoms with Crippen molar-refractivity contribution in [1.82, 2.24) is 0 Å². The Morgan fingerprint density at radius 1 is 0.235 bits per heavy atom. The summed E-state index contributed by atoms with van der Waals surface area (Å²) in [5, 5.41) is 10.7. The average molecular weight is 1490 g/mol. The SMILES string of the molecule is CCCCCCCCCCCCCCCCCCCCCC(=O)O[C@H](COC(=O)CCCCCCCCCCCCCCCCCC)COP(=O)(O)OC[C@@H](O)COP(=O)(O)OC[C@@H](COC(=O)CCCCCCCCCCCCC)OC(=O)CCCCCCCCCCCCCCCCCC. The molecule has 17 nitrogen and oxygen atoms in total. The summed E-state index contributed by atoms with van der Waals surface area (Å²) in [6.07, 6.45) is 70.6. The minimum Gasteiger partial charge on any atom is -0.462 e. The molecule has 0 aromatic carbocycles. The molecule has 0 aliphatic rings. The van der Waals surface area contributed by atoms with Gasteiger partial charge in [0.2, 0.25) is 0 Å². The van der Waals surface area contributed by atoms with Gasteiger partial charge in [-0.05, 0) is 25.7 Å². The lowest BCUT2D eigenvalue weighted by Gasteiger charge is -2.21. The maximum Gasteiger partial charge on any atom is 0.472 e. The van der Waals surface area contributed by atoms with Gasteiger partial charge >= 0.3 is 39.5 Å². The lowest BCUT2D eigenvalue weighted by molar-refractivity contribution is -0.161. The van der Waals surface area contributed by atoms with E-state index in [0.717, 1.165) is 89.9 Å². The lowest BCUT2D eigenvalue weighted by Crippen LogP contribution is -2.30. The zero-order chi connectivity index (χ0) is 74.6. The second-order valence-corrected chi connectivity index (χ2v) is 32.8. The number of aliphatic hydroxyl groups is 1. The van der Waals surface area contributed by atoms with Gasteiger partial charge in [0.15, 0.2) is 12.2 Å². The number of carbonyl (C=O) groups excluding carboxylic acids is 4. The smallest absolute Gasteiger partial charge is 0.462 e. The molecule has 3 N–H and O–H groups in total. The Morgan fingerprint density at radius 2 is 0.392 bits per heavy atom. The minimum absolute atomic E-state index is 0.109. The standard InChI is InChI=1S/C83H162O17P2/c1-5-9-13-17-21-25-29-32-35-38-39-40-43-46-50-54-58-62-66-70-83(88)100-79(74-94-81(86)68-64-60-56-52-48-44-41-36-33-30-26-22-18-14-10-6-2)76-98-102(91,92)96-72-77(84)71-95-101(89,90)97-75-78(73-93-80(85)67-63-59-55-51-47-28-24-20-16-12-8-4)99-82(87)69-65-61-57-53-49-45-42-37-34-31-27-23-19-15-11-7-3/h77-79,84H,5-76H2,1-4H3,(H,89,90)(H,91,92)/t77-,78+,79+/m0/s1. The molecule has 2 unspecified atom stereocenters. The van der Waals surface area contributed by atoms with Crippen LogP contribution in [0, 0.1) is 0 Å². The number of phosphoric acid groups is 2. The number of unbranched alkanes of at least 4 members (excludes halogenated alkanes) is 58. The molecule has 0 heterocycles. The van der Waals surface area contributed by atoms with Gasteiger partial charge < -0.3 is 33.8 Å². The maximum absolute atomic E-state index is 13.1. The van der Waals surface area contributed by atoms with E-state index in [1.54, 1.807) is 0 Å². The van der Waals surface area contributed by atoms with E-state index in [1.807, 2.05) is 0 Å². The summed E-state index contributed by atoms with van der Waals surface area (Å²) >= 11 is 0. The van der Waals surface area contributed by atoms with Crippen molar-refractivity contribution < 1.29 is 80.2 Å². The first-order chi connectivity index (χ1) is 49.7. The van der Waals surface area contributed by atoms with E-state index < -0.39 is 97.5 Å². The highest BCUT2D eigenvalue weighted by Crippen LogP contribution is 2.45. The predicted molar refractivity (Wildman–Crippen MR) is 419 cm³/mol. The number of hydrogen-bond acceptors (Lipinski definition) is 15. The summed E-state index contributed by atoms with van der Waals surface area (Å²) < 4.78 is 68.8. The molecule has 19 heteroatoms. The Morgan fingerprint density at radius 3 is 0.578 bits per heavy atom. The molecule has 0 amide bonds. The fourth-order valence-electron chi connectivity index (χ4n) is 13.0. The van der Waals surface area contributed by atoms with E-state index in [4.69, 9.17) is 37.0 Å². The number of carbonyl (C=O) groups is 4. The second kappa shape index (κ2) is 77.2. The van der Waals surface area contributed by atoms with Crippen LogP contribution in [0.15, 0.2) is 0 Å². The first kappa shape index (κ1) is 100. The Hall–Kier alpha value is -1.94. The first-order valence-corrected chi connectivity index (χ1v) is 46.3. The molecule has 0 rings (SSSR count). The molecule has 0 bridgehead atoms. The molecule has 0 aromatic heterocycles. The van der Waals surface area contributed by atoms with Crippen LogP contribution in [0.1, 0.15) is 451 Å². The van der Waals surface area contributed by atoms with Crippen LogP contribution in [-0.4, -0.2) is 96.7 Å². The van der Waals surface area contributed by atoms with Crippen LogP contribution in [0.3, 0.4) is 0 Å². The molecule has 102 heavy (non-hydrogen) atoms. The van der Waals surface area contributed by atoms with E-state index >= 15 is 0 Å². The van der Waals surface area contributed by atoms with Crippen LogP contribution in [0.5, 0.6) is 0 Å². The number of aliphatic hydroxyl groups excluding tert-OH is 1. The Kier molecular flexibility index (Phi) is 75.8. The Bertz CT molecular complexity index is 1930. The van der Waals surface area contributed by atoms with Crippen molar-refractivity contribution in [3.05, 3.63) is 0 Å². The van der Waals surface area contributed by atoms with Crippen LogP contribution < -0.4 is 0 Å². The zero-order valence-electron chi connectivity index (χ0n) is 66.6. The second-order valence-electron chi connectivity index (χ2n) is 29.9. The molecule has 606 valence electrons. The molecule has 0 aromatic rings. The van der Waals surface area contributed by atoms with Crippen LogP contribution in [0.25, 0.3) is 0 Å². The third-order valence-corrected chi connectivity index (χ3v) is 21.5. The van der Waals surface area contributed by atoms with Gasteiger partial charge in [-0.25, -0.2) is 9.13 Å². The molecule has 0 radical (unpaired) electrons. The predicted octanol–water partition coefficient (Wildman–Crippen LogP) is 25.4. The monoisotopic (exact) mass is 1490 g/mol.